The number of halogens is 1. The van der Waals surface area contributed by atoms with Crippen LogP contribution in [0.3, 0.4) is 0 Å². The fourth-order valence-corrected chi connectivity index (χ4v) is 5.07. The first-order chi connectivity index (χ1) is 18.4. The van der Waals surface area contributed by atoms with Crippen LogP contribution in [0.2, 0.25) is 5.02 Å². The molecular weight excluding hydrogens is 506 g/mol. The molecule has 9 nitrogen and oxygen atoms in total. The molecule has 204 valence electrons. The van der Waals surface area contributed by atoms with Crippen molar-refractivity contribution >= 4 is 45.7 Å². The van der Waals surface area contributed by atoms with Crippen LogP contribution in [0, 0.1) is 0 Å². The maximum atomic E-state index is 13.0. The van der Waals surface area contributed by atoms with Gasteiger partial charge in [-0.3, -0.25) is 9.59 Å². The number of hydrogen-bond acceptors (Lipinski definition) is 6. The van der Waals surface area contributed by atoms with Crippen LogP contribution in [0.25, 0.3) is 10.9 Å². The van der Waals surface area contributed by atoms with Crippen LogP contribution < -0.4 is 21.1 Å². The predicted molar refractivity (Wildman–Crippen MR) is 151 cm³/mol. The molecule has 1 aliphatic rings. The van der Waals surface area contributed by atoms with Crippen molar-refractivity contribution in [3.05, 3.63) is 53.2 Å². The number of methoxy groups -OCH3 is 2. The van der Waals surface area contributed by atoms with E-state index in [0.717, 1.165) is 61.9 Å². The molecule has 1 saturated heterocycles. The largest absolute Gasteiger partial charge is 0.496 e. The van der Waals surface area contributed by atoms with E-state index in [-0.39, 0.29) is 24.0 Å². The summed E-state index contributed by atoms with van der Waals surface area (Å²) in [6.07, 6.45) is 5.82. The van der Waals surface area contributed by atoms with E-state index in [4.69, 9.17) is 26.8 Å². The highest BCUT2D eigenvalue weighted by atomic mass is 35.5. The van der Waals surface area contributed by atoms with Gasteiger partial charge in [0.2, 0.25) is 5.91 Å². The second-order valence-corrected chi connectivity index (χ2v) is 10.1. The molecule has 4 rings (SSSR count). The van der Waals surface area contributed by atoms with E-state index in [1.54, 1.807) is 13.2 Å². The number of anilines is 2. The van der Waals surface area contributed by atoms with E-state index < -0.39 is 0 Å². The number of aromatic nitrogens is 1. The molecule has 0 unspecified atom stereocenters. The van der Waals surface area contributed by atoms with Gasteiger partial charge in [-0.05, 0) is 56.1 Å². The van der Waals surface area contributed by atoms with Crippen LogP contribution in [0.15, 0.2) is 42.6 Å². The molecule has 1 aromatic heterocycles. The van der Waals surface area contributed by atoms with Crippen molar-refractivity contribution in [2.75, 3.05) is 44.9 Å². The van der Waals surface area contributed by atoms with Crippen LogP contribution in [0.5, 0.6) is 5.75 Å². The van der Waals surface area contributed by atoms with Crippen molar-refractivity contribution < 1.29 is 19.1 Å². The highest BCUT2D eigenvalue weighted by Crippen LogP contribution is 2.29. The lowest BCUT2D eigenvalue weighted by atomic mass is 10.00. The molecule has 0 radical (unpaired) electrons. The van der Waals surface area contributed by atoms with Crippen LogP contribution in [0.1, 0.15) is 42.5 Å². The van der Waals surface area contributed by atoms with E-state index in [2.05, 4.69) is 20.5 Å². The van der Waals surface area contributed by atoms with Gasteiger partial charge in [-0.1, -0.05) is 18.0 Å². The smallest absolute Gasteiger partial charge is 0.255 e. The number of nitrogens with zero attached hydrogens (tertiary/aromatic N) is 1. The van der Waals surface area contributed by atoms with E-state index in [1.807, 2.05) is 30.5 Å². The summed E-state index contributed by atoms with van der Waals surface area (Å²) in [6.45, 7) is 2.50. The number of carbonyl (C=O) groups is 2. The summed E-state index contributed by atoms with van der Waals surface area (Å²) in [7, 11) is 3.16. The lowest BCUT2D eigenvalue weighted by Gasteiger charge is -2.38. The Hall–Kier alpha value is -3.27. The minimum Gasteiger partial charge on any atom is -0.496 e. The number of hydrogen-bond donors (Lipinski definition) is 4. The van der Waals surface area contributed by atoms with Gasteiger partial charge in [0.1, 0.15) is 5.75 Å². The molecule has 5 N–H and O–H groups in total. The zero-order valence-corrected chi connectivity index (χ0v) is 22.6. The first kappa shape index (κ1) is 27.8. The van der Waals surface area contributed by atoms with Crippen molar-refractivity contribution in [1.29, 1.82) is 0 Å². The van der Waals surface area contributed by atoms with E-state index in [0.29, 0.717) is 28.4 Å². The Morgan fingerprint density at radius 1 is 1.16 bits per heavy atom. The number of benzene rings is 2. The van der Waals surface area contributed by atoms with Gasteiger partial charge in [0.15, 0.2) is 0 Å². The third-order valence-corrected chi connectivity index (χ3v) is 7.37. The molecule has 2 heterocycles. The van der Waals surface area contributed by atoms with Crippen molar-refractivity contribution in [2.45, 2.75) is 44.2 Å². The third kappa shape index (κ3) is 6.98. The van der Waals surface area contributed by atoms with Gasteiger partial charge < -0.3 is 35.7 Å². The van der Waals surface area contributed by atoms with Gasteiger partial charge in [-0.15, -0.1) is 0 Å². The number of nitrogens with one attached hydrogen (secondary N) is 3. The molecule has 2 amide bonds. The quantitative estimate of drug-likeness (QED) is 0.210. The second-order valence-electron chi connectivity index (χ2n) is 9.66. The molecule has 1 fully saturated rings. The lowest BCUT2D eigenvalue weighted by molar-refractivity contribution is -0.116. The highest BCUT2D eigenvalue weighted by molar-refractivity contribution is 6.33. The molecular formula is C28H36ClN5O4. The van der Waals surface area contributed by atoms with E-state index in [1.165, 1.54) is 13.2 Å². The average molecular weight is 542 g/mol. The summed E-state index contributed by atoms with van der Waals surface area (Å²) in [5.41, 5.74) is 8.41. The second kappa shape index (κ2) is 13.0. The molecule has 10 heteroatoms. The van der Waals surface area contributed by atoms with E-state index in [9.17, 15) is 9.59 Å². The molecule has 2 aromatic carbocycles. The van der Waals surface area contributed by atoms with Gasteiger partial charge in [0.05, 0.1) is 35.5 Å². The summed E-state index contributed by atoms with van der Waals surface area (Å²) in [6, 6.07) is 10.8. The van der Waals surface area contributed by atoms with Crippen LogP contribution in [-0.2, 0) is 9.53 Å². The van der Waals surface area contributed by atoms with Gasteiger partial charge in [0.25, 0.3) is 5.91 Å². The molecule has 0 aliphatic carbocycles. The summed E-state index contributed by atoms with van der Waals surface area (Å²) < 4.78 is 11.0. The molecule has 3 aromatic rings. The molecule has 0 spiro atoms. The number of nitrogen functional groups attached to an aromatic ring is 1. The predicted octanol–water partition coefficient (Wildman–Crippen LogP) is 4.43. The van der Waals surface area contributed by atoms with Crippen LogP contribution >= 0.6 is 11.6 Å². The SMILES string of the molecule is COc1cc(N)c(Cl)cc1C(=O)N[C@H]1CCN(CCCCCC(=O)Nc2ccc3[nH]ccc3c2)C[C@H]1OC. The summed E-state index contributed by atoms with van der Waals surface area (Å²) in [5.74, 6) is 0.150. The Morgan fingerprint density at radius 3 is 2.79 bits per heavy atom. The number of ether oxygens (including phenoxy) is 2. The summed E-state index contributed by atoms with van der Waals surface area (Å²) >= 11 is 6.13. The Kier molecular flexibility index (Phi) is 9.49. The Bertz CT molecular complexity index is 1260. The molecule has 2 atom stereocenters. The highest BCUT2D eigenvalue weighted by Gasteiger charge is 2.31. The summed E-state index contributed by atoms with van der Waals surface area (Å²) in [4.78, 5) is 30.8. The van der Waals surface area contributed by atoms with E-state index >= 15 is 0 Å². The van der Waals surface area contributed by atoms with Gasteiger partial charge in [-0.2, -0.15) is 0 Å². The van der Waals surface area contributed by atoms with Crippen molar-refractivity contribution in [3.8, 4) is 5.75 Å². The lowest BCUT2D eigenvalue weighted by Crippen LogP contribution is -2.54. The van der Waals surface area contributed by atoms with Gasteiger partial charge in [0, 0.05) is 55.5 Å². The minimum atomic E-state index is -0.268. The Labute approximate surface area is 228 Å². The molecule has 0 saturated carbocycles. The zero-order valence-electron chi connectivity index (χ0n) is 21.9. The number of piperidine rings is 1. The average Bonchev–Trinajstić information content (AvgIpc) is 3.38. The number of carbonyl (C=O) groups excluding carboxylic acids is 2. The molecule has 0 bridgehead atoms. The molecule has 38 heavy (non-hydrogen) atoms. The fourth-order valence-electron chi connectivity index (χ4n) is 4.90. The maximum Gasteiger partial charge on any atom is 0.255 e. The van der Waals surface area contributed by atoms with Crippen molar-refractivity contribution in [2.24, 2.45) is 0 Å². The Balaban J connectivity index is 1.17. The number of rotatable bonds is 11. The van der Waals surface area contributed by atoms with Crippen LogP contribution in [0.4, 0.5) is 11.4 Å². The van der Waals surface area contributed by atoms with Crippen molar-refractivity contribution in [3.63, 3.8) is 0 Å². The van der Waals surface area contributed by atoms with Gasteiger partial charge in [-0.25, -0.2) is 0 Å². The number of amides is 2. The monoisotopic (exact) mass is 541 g/mol. The zero-order chi connectivity index (χ0) is 27.1. The molecule has 1 aliphatic heterocycles. The van der Waals surface area contributed by atoms with Crippen LogP contribution in [-0.4, -0.2) is 67.7 Å². The van der Waals surface area contributed by atoms with Crippen molar-refractivity contribution in [1.82, 2.24) is 15.2 Å². The first-order valence-corrected chi connectivity index (χ1v) is 13.3. The number of H-pyrrole nitrogens is 1. The maximum absolute atomic E-state index is 13.0. The topological polar surface area (TPSA) is 122 Å². The number of fused-ring (bicyclic) bond motifs is 1. The summed E-state index contributed by atoms with van der Waals surface area (Å²) in [5, 5.41) is 7.45. The fraction of sp³-hybridized carbons (Fsp3) is 0.429. The minimum absolute atomic E-state index is 0.0370. The number of unbranched alkanes of at least 4 members (excludes halogenated alkanes) is 2. The number of likely N-dealkylation sites (tertiary alicyclic amines) is 1. The standard InChI is InChI=1S/C28H36ClN5O4/c1-37-25-16-22(30)21(29)15-20(25)28(36)33-24-10-13-34(17-26(24)38-2)12-5-3-4-6-27(35)32-19-7-8-23-18(14-19)9-11-31-23/h7-9,11,14-16,24,26,31H,3-6,10,12-13,17,30H2,1-2H3,(H,32,35)(H,33,36)/t24-,26+/m0/s1. The Morgan fingerprint density at radius 2 is 2.00 bits per heavy atom. The van der Waals surface area contributed by atoms with Gasteiger partial charge >= 0.3 is 0 Å². The number of nitrogens with two attached hydrogens (primary N) is 1. The first-order valence-electron chi connectivity index (χ1n) is 12.9. The number of aromatic amines is 1. The normalized spacial score (nSPS) is 17.9. The third-order valence-electron chi connectivity index (χ3n) is 7.04.